The summed E-state index contributed by atoms with van der Waals surface area (Å²) < 4.78 is 56.6. The molecule has 2 aromatic rings. The molecule has 1 fully saturated rings. The summed E-state index contributed by atoms with van der Waals surface area (Å²) in [6.45, 7) is 13.5. The predicted molar refractivity (Wildman–Crippen MR) is 159 cm³/mol. The van der Waals surface area contributed by atoms with Crippen molar-refractivity contribution in [3.8, 4) is 0 Å². The van der Waals surface area contributed by atoms with Crippen LogP contribution >= 0.6 is 15.2 Å². The minimum Gasteiger partial charge on any atom is -0.378 e. The number of nitrogens with one attached hydrogen (secondary N) is 1. The second kappa shape index (κ2) is 14.9. The van der Waals surface area contributed by atoms with Gasteiger partial charge in [0, 0.05) is 19.5 Å². The average Bonchev–Trinajstić information content (AvgIpc) is 3.48. The number of aliphatic hydroxyl groups is 1. The van der Waals surface area contributed by atoms with Crippen molar-refractivity contribution in [2.75, 3.05) is 25.9 Å². The summed E-state index contributed by atoms with van der Waals surface area (Å²) in [4.78, 5) is 38.1. The zero-order valence-electron chi connectivity index (χ0n) is 26.0. The Kier molecular flexibility index (Phi) is 12.3. The normalized spacial score (nSPS) is 19.0. The van der Waals surface area contributed by atoms with Crippen molar-refractivity contribution >= 4 is 32.3 Å². The first-order chi connectivity index (χ1) is 20.0. The Hall–Kier alpha value is -1.96. The third kappa shape index (κ3) is 9.51. The fourth-order valence-electron chi connectivity index (χ4n) is 4.71. The number of nitrogens with zero attached hydrogens (tertiary/aromatic N) is 4. The van der Waals surface area contributed by atoms with Crippen LogP contribution in [0.2, 0.25) is 0 Å². The summed E-state index contributed by atoms with van der Waals surface area (Å²) in [5.74, 6) is -1.92. The lowest BCUT2D eigenvalue weighted by Crippen LogP contribution is -2.32. The number of hydrogen-bond acceptors (Lipinski definition) is 12. The minimum absolute atomic E-state index is 0.0832. The lowest BCUT2D eigenvalue weighted by atomic mass is 10.2. The second-order valence-electron chi connectivity index (χ2n) is 11.5. The van der Waals surface area contributed by atoms with Gasteiger partial charge in [-0.05, 0) is 55.4 Å². The molecule has 1 aliphatic rings. The monoisotopic (exact) mass is 649 g/mol. The summed E-state index contributed by atoms with van der Waals surface area (Å²) in [5, 5.41) is 10.9. The molecule has 3 rings (SSSR count). The van der Waals surface area contributed by atoms with E-state index in [1.807, 2.05) is 0 Å². The van der Waals surface area contributed by atoms with Crippen molar-refractivity contribution in [3.63, 3.8) is 0 Å². The highest BCUT2D eigenvalue weighted by Gasteiger charge is 2.42. The van der Waals surface area contributed by atoms with Crippen LogP contribution in [0.25, 0.3) is 11.2 Å². The standard InChI is InChI=1S/C26H45N5O10P2/c1-16(2)38-42(35,39-17(3)4)10-9-22(32)30-11-20(31-15-29-24-25(31)27-14-28-26(24)34)21(12-30)37-13-23(33)43(36,40-18(5)6)41-19(7)8/h14-21,23,33H,9-13H2,1-8H3,(H,27,28,34)/t20-,21-,23+/m1/s1. The number of likely N-dealkylation sites (tertiary alicyclic amines) is 1. The lowest BCUT2D eigenvalue weighted by molar-refractivity contribution is -0.130. The van der Waals surface area contributed by atoms with Gasteiger partial charge in [-0.3, -0.25) is 18.7 Å². The number of ether oxygens (including phenoxy) is 1. The molecule has 43 heavy (non-hydrogen) atoms. The van der Waals surface area contributed by atoms with Crippen LogP contribution in [0.5, 0.6) is 0 Å². The van der Waals surface area contributed by atoms with Gasteiger partial charge in [-0.25, -0.2) is 9.97 Å². The smallest absolute Gasteiger partial charge is 0.361 e. The number of rotatable bonds is 16. The molecule has 17 heteroatoms. The van der Waals surface area contributed by atoms with Crippen LogP contribution in [0.4, 0.5) is 0 Å². The van der Waals surface area contributed by atoms with Crippen molar-refractivity contribution in [1.82, 2.24) is 24.4 Å². The van der Waals surface area contributed by atoms with E-state index in [0.29, 0.717) is 0 Å². The Morgan fingerprint density at radius 3 is 2.12 bits per heavy atom. The van der Waals surface area contributed by atoms with Gasteiger partial charge in [0.1, 0.15) is 0 Å². The van der Waals surface area contributed by atoms with E-state index in [1.165, 1.54) is 17.6 Å². The van der Waals surface area contributed by atoms with Crippen molar-refractivity contribution in [1.29, 1.82) is 0 Å². The van der Waals surface area contributed by atoms with E-state index in [2.05, 4.69) is 15.0 Å². The lowest BCUT2D eigenvalue weighted by Gasteiger charge is -2.28. The predicted octanol–water partition coefficient (Wildman–Crippen LogP) is 3.68. The van der Waals surface area contributed by atoms with Crippen molar-refractivity contribution in [3.05, 3.63) is 23.0 Å². The third-order valence-corrected chi connectivity index (χ3v) is 10.8. The summed E-state index contributed by atoms with van der Waals surface area (Å²) in [7, 11) is -7.52. The first-order valence-corrected chi connectivity index (χ1v) is 17.8. The molecule has 0 aliphatic carbocycles. The molecule has 2 N–H and O–H groups in total. The maximum atomic E-state index is 13.4. The van der Waals surface area contributed by atoms with Gasteiger partial charge in [-0.2, -0.15) is 0 Å². The fourth-order valence-corrected chi connectivity index (χ4v) is 8.50. The van der Waals surface area contributed by atoms with Gasteiger partial charge in [0.15, 0.2) is 17.0 Å². The van der Waals surface area contributed by atoms with Crippen LogP contribution in [0.1, 0.15) is 67.9 Å². The number of amides is 1. The molecular weight excluding hydrogens is 604 g/mol. The van der Waals surface area contributed by atoms with Crippen molar-refractivity contribution in [2.24, 2.45) is 0 Å². The molecule has 0 spiro atoms. The van der Waals surface area contributed by atoms with E-state index in [0.717, 1.165) is 0 Å². The van der Waals surface area contributed by atoms with E-state index in [1.54, 1.807) is 60.0 Å². The number of imidazole rings is 1. The summed E-state index contributed by atoms with van der Waals surface area (Å²) >= 11 is 0. The van der Waals surface area contributed by atoms with Crippen LogP contribution in [-0.4, -0.2) is 97.7 Å². The van der Waals surface area contributed by atoms with Gasteiger partial charge in [0.25, 0.3) is 5.56 Å². The van der Waals surface area contributed by atoms with E-state index in [-0.39, 0.29) is 55.0 Å². The molecule has 2 aromatic heterocycles. The quantitative estimate of drug-likeness (QED) is 0.252. The Bertz CT molecular complexity index is 1350. The topological polar surface area (TPSA) is 184 Å². The number of hydrogen-bond donors (Lipinski definition) is 2. The third-order valence-electron chi connectivity index (χ3n) is 6.19. The van der Waals surface area contributed by atoms with Crippen LogP contribution in [0.15, 0.2) is 17.4 Å². The summed E-state index contributed by atoms with van der Waals surface area (Å²) in [6, 6.07) is -0.572. The number of carbonyl (C=O) groups is 1. The number of H-pyrrole nitrogens is 1. The van der Waals surface area contributed by atoms with Crippen LogP contribution in [0.3, 0.4) is 0 Å². The molecule has 1 amide bonds. The molecule has 0 aromatic carbocycles. The summed E-state index contributed by atoms with van der Waals surface area (Å²) in [5.41, 5.74) is -0.0237. The zero-order valence-corrected chi connectivity index (χ0v) is 27.8. The molecule has 244 valence electrons. The first kappa shape index (κ1) is 35.5. The number of aromatic nitrogens is 4. The van der Waals surface area contributed by atoms with Gasteiger partial charge in [0.05, 0.1) is 62.0 Å². The van der Waals surface area contributed by atoms with E-state index in [9.17, 15) is 23.8 Å². The maximum Gasteiger partial charge on any atom is 0.361 e. The first-order valence-electron chi connectivity index (χ1n) is 14.4. The zero-order chi connectivity index (χ0) is 32.1. The van der Waals surface area contributed by atoms with E-state index < -0.39 is 57.6 Å². The number of aromatic amines is 1. The Balaban J connectivity index is 1.83. The highest BCUT2D eigenvalue weighted by Crippen LogP contribution is 2.54. The van der Waals surface area contributed by atoms with Crippen LogP contribution < -0.4 is 5.56 Å². The molecule has 3 heterocycles. The van der Waals surface area contributed by atoms with E-state index in [4.69, 9.17) is 22.8 Å². The number of aliphatic hydroxyl groups excluding tert-OH is 1. The molecule has 0 saturated carbocycles. The fraction of sp³-hybridized carbons (Fsp3) is 0.769. The largest absolute Gasteiger partial charge is 0.378 e. The molecule has 15 nitrogen and oxygen atoms in total. The van der Waals surface area contributed by atoms with Gasteiger partial charge in [0.2, 0.25) is 5.91 Å². The number of carbonyl (C=O) groups excluding carboxylic acids is 1. The molecule has 1 aliphatic heterocycles. The minimum atomic E-state index is -3.98. The van der Waals surface area contributed by atoms with Gasteiger partial charge >= 0.3 is 15.2 Å². The van der Waals surface area contributed by atoms with Gasteiger partial charge in [-0.1, -0.05) is 0 Å². The SMILES string of the molecule is CC(C)OP(=O)(CCC(=O)N1C[C@@H](n2cnc3c(=O)[nH]cnc32)[C@H](OC[C@@H](O)P(=O)(OC(C)C)OC(C)C)C1)OC(C)C. The van der Waals surface area contributed by atoms with Crippen molar-refractivity contribution < 1.29 is 41.9 Å². The highest BCUT2D eigenvalue weighted by molar-refractivity contribution is 7.54. The average molecular weight is 650 g/mol. The molecular formula is C26H45N5O10P2. The van der Waals surface area contributed by atoms with Gasteiger partial charge < -0.3 is 42.4 Å². The van der Waals surface area contributed by atoms with Crippen LogP contribution in [0, 0.1) is 0 Å². The van der Waals surface area contributed by atoms with Crippen molar-refractivity contribution in [2.45, 2.75) is 104 Å². The number of fused-ring (bicyclic) bond motifs is 1. The Morgan fingerprint density at radius 2 is 1.56 bits per heavy atom. The molecule has 0 unspecified atom stereocenters. The van der Waals surface area contributed by atoms with Gasteiger partial charge in [-0.15, -0.1) is 0 Å². The maximum absolute atomic E-state index is 13.4. The highest BCUT2D eigenvalue weighted by atomic mass is 31.2. The van der Waals surface area contributed by atoms with Crippen LogP contribution in [-0.2, 0) is 36.8 Å². The molecule has 3 atom stereocenters. The Labute approximate surface area is 251 Å². The Morgan fingerprint density at radius 1 is 0.977 bits per heavy atom. The summed E-state index contributed by atoms with van der Waals surface area (Å²) in [6.07, 6.45) is 0.0576. The molecule has 1 saturated heterocycles. The molecule has 0 radical (unpaired) electrons. The molecule has 0 bridgehead atoms. The second-order valence-corrected chi connectivity index (χ2v) is 15.7. The van der Waals surface area contributed by atoms with E-state index >= 15 is 0 Å².